The number of halogens is 1. The molecule has 0 aliphatic heterocycles. The third kappa shape index (κ3) is 5.78. The maximum absolute atomic E-state index is 12.6. The Balaban J connectivity index is 1.37. The summed E-state index contributed by atoms with van der Waals surface area (Å²) in [5.74, 6) is 1.10. The maximum atomic E-state index is 12.6. The molecule has 31 heavy (non-hydrogen) atoms. The van der Waals surface area contributed by atoms with Crippen LogP contribution in [0.5, 0.6) is 11.5 Å². The minimum atomic E-state index is -0.374. The van der Waals surface area contributed by atoms with Crippen LogP contribution in [0.25, 0.3) is 0 Å². The van der Waals surface area contributed by atoms with Crippen LogP contribution in [0.15, 0.2) is 72.5 Å². The van der Waals surface area contributed by atoms with Crippen molar-refractivity contribution < 1.29 is 14.3 Å². The van der Waals surface area contributed by atoms with E-state index in [1.54, 1.807) is 60.4 Å². The first-order chi connectivity index (χ1) is 15.2. The summed E-state index contributed by atoms with van der Waals surface area (Å²) in [6.07, 6.45) is 4.98. The van der Waals surface area contributed by atoms with Gasteiger partial charge in [-0.05, 0) is 54.1 Å². The Bertz CT molecular complexity index is 1150. The average molecular weight is 453 g/mol. The van der Waals surface area contributed by atoms with Gasteiger partial charge in [-0.2, -0.15) is 0 Å². The number of rotatable bonds is 8. The number of amides is 1. The molecule has 0 atom stereocenters. The Hall–Kier alpha value is -3.49. The molecule has 9 heteroatoms. The van der Waals surface area contributed by atoms with E-state index in [4.69, 9.17) is 21.1 Å². The van der Waals surface area contributed by atoms with Gasteiger partial charge in [0.05, 0.1) is 0 Å². The van der Waals surface area contributed by atoms with Crippen molar-refractivity contribution in [1.29, 1.82) is 0 Å². The van der Waals surface area contributed by atoms with E-state index in [0.717, 1.165) is 5.56 Å². The summed E-state index contributed by atoms with van der Waals surface area (Å²) in [5.41, 5.74) is 1.24. The molecule has 0 unspecified atom stereocenters. The summed E-state index contributed by atoms with van der Waals surface area (Å²) in [6, 6.07) is 14.3. The van der Waals surface area contributed by atoms with Crippen LogP contribution in [-0.4, -0.2) is 20.9 Å². The molecule has 0 fully saturated rings. The molecule has 4 rings (SSSR count). The van der Waals surface area contributed by atoms with E-state index < -0.39 is 0 Å². The molecule has 1 aromatic carbocycles. The second-order valence-electron chi connectivity index (χ2n) is 6.32. The number of thiazole rings is 1. The Labute approximate surface area is 187 Å². The molecule has 0 saturated carbocycles. The number of nitrogens with one attached hydrogen (secondary N) is 1. The fraction of sp³-hybridized carbons (Fsp3) is 0.0909. The Morgan fingerprint density at radius 1 is 1.00 bits per heavy atom. The first-order valence-electron chi connectivity index (χ1n) is 9.28. The van der Waals surface area contributed by atoms with Gasteiger partial charge in [-0.3, -0.25) is 9.78 Å². The molecule has 3 heterocycles. The number of nitrogens with zero attached hydrogens (tertiary/aromatic N) is 3. The van der Waals surface area contributed by atoms with Crippen molar-refractivity contribution in [3.05, 3.63) is 93.8 Å². The number of hydrogen-bond donors (Lipinski definition) is 1. The van der Waals surface area contributed by atoms with Gasteiger partial charge in [-0.25, -0.2) is 9.97 Å². The van der Waals surface area contributed by atoms with E-state index in [1.807, 2.05) is 12.1 Å². The largest absolute Gasteiger partial charge is 0.486 e. The summed E-state index contributed by atoms with van der Waals surface area (Å²) in [6.45, 7) is 0.587. The standard InChI is InChI=1S/C22H17ClN4O3S/c23-16-3-5-17(6-4-16)29-13-20-26-18(14-31-20)22(28)27-21-19(2-1-9-25-21)30-12-15-7-10-24-11-8-15/h1-11,14H,12-13H2,(H,25,27,28). The number of anilines is 1. The molecule has 1 amide bonds. The lowest BCUT2D eigenvalue weighted by Crippen LogP contribution is -2.14. The van der Waals surface area contributed by atoms with Crippen molar-refractivity contribution in [3.63, 3.8) is 0 Å². The molecule has 0 aliphatic carbocycles. The second-order valence-corrected chi connectivity index (χ2v) is 7.70. The van der Waals surface area contributed by atoms with Crippen LogP contribution in [0, 0.1) is 0 Å². The molecule has 7 nitrogen and oxygen atoms in total. The van der Waals surface area contributed by atoms with Crippen LogP contribution in [0.1, 0.15) is 21.1 Å². The van der Waals surface area contributed by atoms with Crippen molar-refractivity contribution in [1.82, 2.24) is 15.0 Å². The monoisotopic (exact) mass is 452 g/mol. The van der Waals surface area contributed by atoms with Crippen molar-refractivity contribution in [3.8, 4) is 11.5 Å². The molecular weight excluding hydrogens is 436 g/mol. The van der Waals surface area contributed by atoms with Gasteiger partial charge in [-0.15, -0.1) is 11.3 Å². The van der Waals surface area contributed by atoms with Crippen LogP contribution in [-0.2, 0) is 13.2 Å². The number of aromatic nitrogens is 3. The Morgan fingerprint density at radius 3 is 2.61 bits per heavy atom. The highest BCUT2D eigenvalue weighted by molar-refractivity contribution is 7.09. The molecule has 0 radical (unpaired) electrons. The summed E-state index contributed by atoms with van der Waals surface area (Å²) >= 11 is 7.21. The lowest BCUT2D eigenvalue weighted by Gasteiger charge is -2.10. The predicted octanol–water partition coefficient (Wildman–Crippen LogP) is 5.00. The normalized spacial score (nSPS) is 10.5. The average Bonchev–Trinajstić information content (AvgIpc) is 3.28. The topological polar surface area (TPSA) is 86.2 Å². The van der Waals surface area contributed by atoms with Gasteiger partial charge in [0.15, 0.2) is 11.6 Å². The van der Waals surface area contributed by atoms with E-state index in [0.29, 0.717) is 34.0 Å². The second kappa shape index (κ2) is 10.0. The van der Waals surface area contributed by atoms with Gasteiger partial charge in [0.25, 0.3) is 5.91 Å². The third-order valence-electron chi connectivity index (χ3n) is 4.11. The van der Waals surface area contributed by atoms with Crippen molar-refractivity contribution in [2.24, 2.45) is 0 Å². The maximum Gasteiger partial charge on any atom is 0.276 e. The van der Waals surface area contributed by atoms with Gasteiger partial charge in [0.2, 0.25) is 0 Å². The SMILES string of the molecule is O=C(Nc1ncccc1OCc1ccncc1)c1csc(COc2ccc(Cl)cc2)n1. The number of pyridine rings is 2. The Morgan fingerprint density at radius 2 is 1.81 bits per heavy atom. The Kier molecular flexibility index (Phi) is 6.71. The van der Waals surface area contributed by atoms with Crippen LogP contribution in [0.2, 0.25) is 5.02 Å². The molecule has 0 bridgehead atoms. The third-order valence-corrected chi connectivity index (χ3v) is 5.18. The van der Waals surface area contributed by atoms with Crippen molar-refractivity contribution in [2.75, 3.05) is 5.32 Å². The molecule has 3 aromatic heterocycles. The first-order valence-corrected chi connectivity index (χ1v) is 10.5. The lowest BCUT2D eigenvalue weighted by molar-refractivity contribution is 0.102. The van der Waals surface area contributed by atoms with E-state index >= 15 is 0 Å². The summed E-state index contributed by atoms with van der Waals surface area (Å²) in [5, 5.41) is 5.75. The number of carbonyl (C=O) groups is 1. The number of benzene rings is 1. The molecule has 0 aliphatic rings. The summed E-state index contributed by atoms with van der Waals surface area (Å²) in [7, 11) is 0. The first kappa shape index (κ1) is 20.8. The minimum Gasteiger partial charge on any atom is -0.486 e. The molecule has 1 N–H and O–H groups in total. The van der Waals surface area contributed by atoms with E-state index in [2.05, 4.69) is 20.3 Å². The van der Waals surface area contributed by atoms with Crippen LogP contribution >= 0.6 is 22.9 Å². The lowest BCUT2D eigenvalue weighted by atomic mass is 10.3. The quantitative estimate of drug-likeness (QED) is 0.405. The minimum absolute atomic E-state index is 0.253. The van der Waals surface area contributed by atoms with E-state index in [9.17, 15) is 4.79 Å². The smallest absolute Gasteiger partial charge is 0.276 e. The van der Waals surface area contributed by atoms with Crippen molar-refractivity contribution in [2.45, 2.75) is 13.2 Å². The summed E-state index contributed by atoms with van der Waals surface area (Å²) in [4.78, 5) is 25.2. The molecule has 0 spiro atoms. The van der Waals surface area contributed by atoms with E-state index in [1.165, 1.54) is 11.3 Å². The van der Waals surface area contributed by atoms with Gasteiger partial charge in [-0.1, -0.05) is 11.6 Å². The number of carbonyl (C=O) groups excluding carboxylic acids is 1. The van der Waals surface area contributed by atoms with Crippen LogP contribution < -0.4 is 14.8 Å². The zero-order chi connectivity index (χ0) is 21.5. The van der Waals surface area contributed by atoms with Gasteiger partial charge < -0.3 is 14.8 Å². The highest BCUT2D eigenvalue weighted by atomic mass is 35.5. The number of ether oxygens (including phenoxy) is 2. The highest BCUT2D eigenvalue weighted by Gasteiger charge is 2.15. The van der Waals surface area contributed by atoms with Gasteiger partial charge >= 0.3 is 0 Å². The van der Waals surface area contributed by atoms with Crippen LogP contribution in [0.4, 0.5) is 5.82 Å². The highest BCUT2D eigenvalue weighted by Crippen LogP contribution is 2.23. The van der Waals surface area contributed by atoms with Crippen molar-refractivity contribution >= 4 is 34.7 Å². The van der Waals surface area contributed by atoms with Gasteiger partial charge in [0.1, 0.15) is 29.7 Å². The molecule has 156 valence electrons. The fourth-order valence-corrected chi connectivity index (χ4v) is 3.38. The number of hydrogen-bond acceptors (Lipinski definition) is 7. The fourth-order valence-electron chi connectivity index (χ4n) is 2.57. The summed E-state index contributed by atoms with van der Waals surface area (Å²) < 4.78 is 11.5. The predicted molar refractivity (Wildman–Crippen MR) is 119 cm³/mol. The zero-order valence-electron chi connectivity index (χ0n) is 16.2. The molecular formula is C22H17ClN4O3S. The van der Waals surface area contributed by atoms with E-state index in [-0.39, 0.29) is 18.2 Å². The van der Waals surface area contributed by atoms with Crippen LogP contribution in [0.3, 0.4) is 0 Å². The molecule has 4 aromatic rings. The molecule has 0 saturated heterocycles. The zero-order valence-corrected chi connectivity index (χ0v) is 17.8. The van der Waals surface area contributed by atoms with Gasteiger partial charge in [0, 0.05) is 29.0 Å².